The van der Waals surface area contributed by atoms with Gasteiger partial charge in [-0.25, -0.2) is 9.97 Å². The van der Waals surface area contributed by atoms with E-state index in [2.05, 4.69) is 21.0 Å². The molecule has 4 N–H and O–H groups in total. The molecule has 2 heterocycles. The minimum atomic E-state index is -1.67. The molecule has 127 valence electrons. The molecular weight excluding hydrogens is 356 g/mol. The van der Waals surface area contributed by atoms with Gasteiger partial charge >= 0.3 is 0 Å². The number of primary amides is 1. The van der Waals surface area contributed by atoms with E-state index in [9.17, 15) is 9.90 Å². The zero-order valence-corrected chi connectivity index (χ0v) is 15.0. The Bertz CT molecular complexity index is 896. The number of anilines is 1. The van der Waals surface area contributed by atoms with E-state index in [1.54, 1.807) is 0 Å². The second-order valence-corrected chi connectivity index (χ2v) is 8.67. The van der Waals surface area contributed by atoms with Gasteiger partial charge in [-0.15, -0.1) is 0 Å². The van der Waals surface area contributed by atoms with Crippen LogP contribution in [0.15, 0.2) is 41.6 Å². The highest BCUT2D eigenvalue weighted by atomic mass is 35.5. The number of hydrogen-bond acceptors (Lipinski definition) is 5. The van der Waals surface area contributed by atoms with Crippen molar-refractivity contribution in [2.45, 2.75) is 25.0 Å². The van der Waals surface area contributed by atoms with Crippen LogP contribution in [-0.2, 0) is 6.42 Å². The average molecular weight is 372 g/mol. The summed E-state index contributed by atoms with van der Waals surface area (Å²) in [4.78, 5) is 22.9. The highest BCUT2D eigenvalue weighted by Crippen LogP contribution is 2.36. The quantitative estimate of drug-likeness (QED) is 0.426. The predicted octanol–water partition coefficient (Wildman–Crippen LogP) is 1.09. The van der Waals surface area contributed by atoms with Gasteiger partial charge in [0.25, 0.3) is 5.91 Å². The lowest BCUT2D eigenvalue weighted by atomic mass is 10.0. The number of nitrogens with zero attached hydrogens (tertiary/aromatic N) is 2. The number of aromatic nitrogens is 2. The Morgan fingerprint density at radius 1 is 1.36 bits per heavy atom. The molecule has 1 fully saturated rings. The lowest BCUT2D eigenvalue weighted by molar-refractivity contribution is 0.100. The van der Waals surface area contributed by atoms with Crippen LogP contribution >= 0.6 is 11.6 Å². The number of halogens is 1. The number of benzene rings is 1. The summed E-state index contributed by atoms with van der Waals surface area (Å²) in [6, 6.07) is 8.05. The first-order valence-electron chi connectivity index (χ1n) is 7.98. The summed E-state index contributed by atoms with van der Waals surface area (Å²) in [5.41, 5.74) is 8.63. The van der Waals surface area contributed by atoms with Gasteiger partial charge < -0.3 is 15.8 Å². The summed E-state index contributed by atoms with van der Waals surface area (Å²) in [7, 11) is -1.67. The van der Waals surface area contributed by atoms with Gasteiger partial charge in [0, 0.05) is 6.20 Å². The molecule has 0 saturated heterocycles. The maximum absolute atomic E-state index is 11.7. The molecule has 0 unspecified atom stereocenters. The Balaban J connectivity index is 1.78. The number of rotatable bonds is 3. The molecule has 1 amide bonds. The van der Waals surface area contributed by atoms with Gasteiger partial charge in [-0.1, -0.05) is 29.8 Å². The lowest BCUT2D eigenvalue weighted by Gasteiger charge is -2.31. The number of allylic oxidation sites excluding steroid dienone is 1. The number of nitrogens with two attached hydrogens (primary N) is 1. The summed E-state index contributed by atoms with van der Waals surface area (Å²) < 4.78 is 0. The fourth-order valence-electron chi connectivity index (χ4n) is 3.16. The third kappa shape index (κ3) is 3.06. The van der Waals surface area contributed by atoms with Gasteiger partial charge in [-0.3, -0.25) is 4.79 Å². The van der Waals surface area contributed by atoms with E-state index in [0.29, 0.717) is 0 Å². The number of hydrogen-bond donors (Lipinski definition) is 3. The number of fused-ring (bicyclic) bond motifs is 1. The number of nitrogens with one attached hydrogen (secondary N) is 1. The van der Waals surface area contributed by atoms with Crippen LogP contribution in [0.4, 0.5) is 5.82 Å². The third-order valence-electron chi connectivity index (χ3n) is 4.52. The number of aliphatic hydroxyl groups excluding tert-OH is 1. The zero-order chi connectivity index (χ0) is 17.6. The molecule has 1 radical (unpaired) electrons. The maximum Gasteiger partial charge on any atom is 0.254 e. The number of carbonyl (C=O) groups excluding carboxylic acids is 1. The minimum absolute atomic E-state index is 0.0226. The van der Waals surface area contributed by atoms with Gasteiger partial charge in [0.1, 0.15) is 5.82 Å². The molecule has 4 rings (SSSR count). The second-order valence-electron chi connectivity index (χ2n) is 6.17. The average Bonchev–Trinajstić information content (AvgIpc) is 3.42. The van der Waals surface area contributed by atoms with Gasteiger partial charge in [0.15, 0.2) is 0 Å². The second kappa shape index (κ2) is 6.25. The Kier molecular flexibility index (Phi) is 4.07. The highest BCUT2D eigenvalue weighted by molar-refractivity contribution is 6.78. The molecule has 1 aromatic heterocycles. The van der Waals surface area contributed by atoms with Crippen LogP contribution in [0.1, 0.15) is 28.8 Å². The van der Waals surface area contributed by atoms with E-state index in [4.69, 9.17) is 17.3 Å². The Morgan fingerprint density at radius 3 is 2.84 bits per heavy atom. The van der Waals surface area contributed by atoms with E-state index >= 15 is 0 Å². The highest BCUT2D eigenvalue weighted by Gasteiger charge is 2.38. The monoisotopic (exact) mass is 371 g/mol. The summed E-state index contributed by atoms with van der Waals surface area (Å²) in [5.74, 6) is -0.363. The van der Waals surface area contributed by atoms with Crippen molar-refractivity contribution in [3.05, 3.63) is 58.0 Å². The Morgan fingerprint density at radius 2 is 2.12 bits per heavy atom. The first-order valence-corrected chi connectivity index (χ1v) is 9.93. The fraction of sp³-hybridized carbons (Fsp3) is 0.235. The molecule has 1 atom stereocenters. The lowest BCUT2D eigenvalue weighted by Crippen LogP contribution is -2.55. The molecule has 1 aromatic carbocycles. The van der Waals surface area contributed by atoms with Crippen molar-refractivity contribution in [2.24, 2.45) is 5.73 Å². The van der Waals surface area contributed by atoms with Crippen LogP contribution in [0.2, 0.25) is 5.28 Å². The van der Waals surface area contributed by atoms with Crippen LogP contribution in [-0.4, -0.2) is 35.7 Å². The molecule has 0 bridgehead atoms. The van der Waals surface area contributed by atoms with Gasteiger partial charge in [0.2, 0.25) is 14.2 Å². The van der Waals surface area contributed by atoms with Crippen LogP contribution in [0.5, 0.6) is 0 Å². The molecule has 1 saturated carbocycles. The van der Waals surface area contributed by atoms with Gasteiger partial charge in [-0.05, 0) is 47.2 Å². The normalized spacial score (nSPS) is 19.5. The summed E-state index contributed by atoms with van der Waals surface area (Å²) in [5, 5.41) is 12.1. The molecule has 2 aromatic rings. The molecule has 6 nitrogen and oxygen atoms in total. The topological polar surface area (TPSA) is 101 Å². The minimum Gasteiger partial charge on any atom is -0.390 e. The number of carbonyl (C=O) groups is 1. The molecular formula is C17H16ClN4O2Si. The summed E-state index contributed by atoms with van der Waals surface area (Å²) in [6.07, 6.45) is 4.19. The van der Waals surface area contributed by atoms with Crippen molar-refractivity contribution >= 4 is 37.5 Å². The number of aliphatic hydroxyl groups is 1. The van der Waals surface area contributed by atoms with Crippen molar-refractivity contribution in [2.75, 3.05) is 4.98 Å². The van der Waals surface area contributed by atoms with Crippen molar-refractivity contribution in [1.82, 2.24) is 9.97 Å². The first-order chi connectivity index (χ1) is 12.0. The van der Waals surface area contributed by atoms with E-state index in [1.807, 2.05) is 18.2 Å². The van der Waals surface area contributed by atoms with E-state index in [0.717, 1.165) is 30.0 Å². The largest absolute Gasteiger partial charge is 0.390 e. The van der Waals surface area contributed by atoms with Crippen molar-refractivity contribution in [3.8, 4) is 0 Å². The summed E-state index contributed by atoms with van der Waals surface area (Å²) in [6.45, 7) is 0. The Labute approximate surface area is 151 Å². The zero-order valence-electron chi connectivity index (χ0n) is 13.3. The molecule has 0 spiro atoms. The fourth-order valence-corrected chi connectivity index (χ4v) is 5.75. The molecule has 1 aliphatic carbocycles. The maximum atomic E-state index is 11.7. The molecule has 8 heteroatoms. The number of amides is 1. The van der Waals surface area contributed by atoms with Crippen LogP contribution in [0.3, 0.4) is 0 Å². The van der Waals surface area contributed by atoms with Crippen molar-refractivity contribution < 1.29 is 9.90 Å². The Hall–Kier alpha value is -2.22. The van der Waals surface area contributed by atoms with E-state index in [1.165, 1.54) is 17.3 Å². The summed E-state index contributed by atoms with van der Waals surface area (Å²) >= 11 is 5.89. The van der Waals surface area contributed by atoms with Crippen LogP contribution < -0.4 is 15.9 Å². The standard InChI is InChI=1S/C17H16ClN4O2Si/c18-17-20-8-12(14(19)23)15(21-17)22-25-13-4-2-1-3-10(13)7-11(16(25)24)9-5-6-9/h1-4,8,16,24H,5-7H2,(H2,19,23)(H,20,21,22)/t16-/m0/s1. The smallest absolute Gasteiger partial charge is 0.254 e. The van der Waals surface area contributed by atoms with Crippen molar-refractivity contribution in [3.63, 3.8) is 0 Å². The SMILES string of the molecule is NC(=O)c1cnc(Cl)nc1N[Si]1c2ccccc2CC(=C2CC2)[C@H]1O. The van der Waals surface area contributed by atoms with E-state index in [-0.39, 0.29) is 16.7 Å². The van der Waals surface area contributed by atoms with Gasteiger partial charge in [0.05, 0.1) is 11.3 Å². The molecule has 1 aliphatic heterocycles. The van der Waals surface area contributed by atoms with Gasteiger partial charge in [-0.2, -0.15) is 0 Å². The van der Waals surface area contributed by atoms with Crippen LogP contribution in [0.25, 0.3) is 0 Å². The third-order valence-corrected chi connectivity index (χ3v) is 7.18. The van der Waals surface area contributed by atoms with E-state index < -0.39 is 20.6 Å². The molecule has 25 heavy (non-hydrogen) atoms. The van der Waals surface area contributed by atoms with Crippen LogP contribution in [0, 0.1) is 0 Å². The van der Waals surface area contributed by atoms with Crippen molar-refractivity contribution in [1.29, 1.82) is 0 Å². The predicted molar refractivity (Wildman–Crippen MR) is 97.0 cm³/mol. The first kappa shape index (κ1) is 16.3. The molecule has 2 aliphatic rings.